The normalized spacial score (nSPS) is 13.1. The fraction of sp³-hybridized carbons (Fsp3) is 0.421. The zero-order valence-electron chi connectivity index (χ0n) is 15.1. The highest BCUT2D eigenvalue weighted by molar-refractivity contribution is 5.79. The lowest BCUT2D eigenvalue weighted by Crippen LogP contribution is -2.39. The van der Waals surface area contributed by atoms with Gasteiger partial charge in [0.15, 0.2) is 5.96 Å². The average molecular weight is 328 g/mol. The van der Waals surface area contributed by atoms with Crippen molar-refractivity contribution in [3.63, 3.8) is 0 Å². The van der Waals surface area contributed by atoms with E-state index in [0.29, 0.717) is 6.54 Å². The molecule has 1 N–H and O–H groups in total. The second-order valence-electron chi connectivity index (χ2n) is 6.03. The average Bonchev–Trinajstić information content (AvgIpc) is 3.09. The van der Waals surface area contributed by atoms with Crippen molar-refractivity contribution < 1.29 is 4.42 Å². The fourth-order valence-corrected chi connectivity index (χ4v) is 2.56. The van der Waals surface area contributed by atoms with Crippen LogP contribution in [0.4, 0.5) is 0 Å². The molecule has 130 valence electrons. The first-order valence-electron chi connectivity index (χ1n) is 8.35. The van der Waals surface area contributed by atoms with Gasteiger partial charge in [0.25, 0.3) is 0 Å². The third-order valence-electron chi connectivity index (χ3n) is 3.87. The molecule has 24 heavy (non-hydrogen) atoms. The fourth-order valence-electron chi connectivity index (χ4n) is 2.56. The number of furan rings is 1. The van der Waals surface area contributed by atoms with Gasteiger partial charge in [0.2, 0.25) is 0 Å². The van der Waals surface area contributed by atoms with Gasteiger partial charge in [0.05, 0.1) is 18.8 Å². The first-order valence-corrected chi connectivity index (χ1v) is 8.35. The van der Waals surface area contributed by atoms with Crippen molar-refractivity contribution in [3.8, 4) is 0 Å². The van der Waals surface area contributed by atoms with E-state index in [9.17, 15) is 0 Å². The molecule has 0 bridgehead atoms. The SMILES string of the molecule is CCNC(=NCC(c1ccco1)N(C)C)N(C)Cc1ccccc1. The van der Waals surface area contributed by atoms with Gasteiger partial charge in [-0.25, -0.2) is 0 Å². The Morgan fingerprint density at radius 3 is 2.46 bits per heavy atom. The van der Waals surface area contributed by atoms with Crippen LogP contribution in [-0.4, -0.2) is 50.0 Å². The van der Waals surface area contributed by atoms with E-state index in [2.05, 4.69) is 53.4 Å². The maximum absolute atomic E-state index is 5.56. The molecule has 1 heterocycles. The minimum absolute atomic E-state index is 0.124. The molecule has 0 radical (unpaired) electrons. The minimum Gasteiger partial charge on any atom is -0.468 e. The molecule has 5 heteroatoms. The van der Waals surface area contributed by atoms with Crippen LogP contribution in [0.25, 0.3) is 0 Å². The van der Waals surface area contributed by atoms with Crippen LogP contribution in [0, 0.1) is 0 Å². The van der Waals surface area contributed by atoms with Crippen LogP contribution < -0.4 is 5.32 Å². The Hall–Kier alpha value is -2.27. The summed E-state index contributed by atoms with van der Waals surface area (Å²) in [6, 6.07) is 14.5. The minimum atomic E-state index is 0.124. The van der Waals surface area contributed by atoms with Crippen molar-refractivity contribution in [1.82, 2.24) is 15.1 Å². The Bertz CT molecular complexity index is 608. The summed E-state index contributed by atoms with van der Waals surface area (Å²) < 4.78 is 5.56. The van der Waals surface area contributed by atoms with Crippen LogP contribution in [-0.2, 0) is 6.54 Å². The molecule has 1 aromatic heterocycles. The number of hydrogen-bond acceptors (Lipinski definition) is 3. The Morgan fingerprint density at radius 2 is 1.88 bits per heavy atom. The van der Waals surface area contributed by atoms with Crippen molar-refractivity contribution in [1.29, 1.82) is 0 Å². The number of aliphatic imine (C=N–C) groups is 1. The summed E-state index contributed by atoms with van der Waals surface area (Å²) in [5.41, 5.74) is 1.26. The summed E-state index contributed by atoms with van der Waals surface area (Å²) in [5.74, 6) is 1.84. The highest BCUT2D eigenvalue weighted by Crippen LogP contribution is 2.19. The molecule has 2 rings (SSSR count). The highest BCUT2D eigenvalue weighted by Gasteiger charge is 2.17. The number of likely N-dealkylation sites (N-methyl/N-ethyl adjacent to an activating group) is 1. The van der Waals surface area contributed by atoms with Crippen molar-refractivity contribution >= 4 is 5.96 Å². The van der Waals surface area contributed by atoms with E-state index in [0.717, 1.165) is 24.8 Å². The van der Waals surface area contributed by atoms with Crippen molar-refractivity contribution in [2.24, 2.45) is 4.99 Å². The molecule has 1 atom stereocenters. The van der Waals surface area contributed by atoms with Gasteiger partial charge in [0.1, 0.15) is 5.76 Å². The molecule has 0 aliphatic heterocycles. The maximum atomic E-state index is 5.56. The largest absolute Gasteiger partial charge is 0.468 e. The molecule has 0 amide bonds. The quantitative estimate of drug-likeness (QED) is 0.627. The lowest BCUT2D eigenvalue weighted by Gasteiger charge is -2.25. The first-order chi connectivity index (χ1) is 11.6. The molecule has 0 saturated carbocycles. The maximum Gasteiger partial charge on any atom is 0.194 e. The van der Waals surface area contributed by atoms with E-state index in [1.165, 1.54) is 5.56 Å². The van der Waals surface area contributed by atoms with Crippen LogP contribution in [0.3, 0.4) is 0 Å². The lowest BCUT2D eigenvalue weighted by atomic mass is 10.2. The second-order valence-corrected chi connectivity index (χ2v) is 6.03. The zero-order chi connectivity index (χ0) is 17.4. The van der Waals surface area contributed by atoms with E-state index in [-0.39, 0.29) is 6.04 Å². The molecule has 1 aromatic carbocycles. The smallest absolute Gasteiger partial charge is 0.194 e. The molecular weight excluding hydrogens is 300 g/mol. The molecule has 0 aliphatic carbocycles. The van der Waals surface area contributed by atoms with Crippen LogP contribution in [0.15, 0.2) is 58.1 Å². The molecule has 2 aromatic rings. The molecule has 0 spiro atoms. The number of benzene rings is 1. The summed E-state index contributed by atoms with van der Waals surface area (Å²) in [6.45, 7) is 4.38. The van der Waals surface area contributed by atoms with Gasteiger partial charge in [-0.2, -0.15) is 0 Å². The molecule has 1 unspecified atom stereocenters. The monoisotopic (exact) mass is 328 g/mol. The van der Waals surface area contributed by atoms with E-state index in [1.54, 1.807) is 6.26 Å². The topological polar surface area (TPSA) is 44.0 Å². The van der Waals surface area contributed by atoms with Gasteiger partial charge in [-0.15, -0.1) is 0 Å². The van der Waals surface area contributed by atoms with E-state index in [4.69, 9.17) is 9.41 Å². The van der Waals surface area contributed by atoms with Crippen LogP contribution >= 0.6 is 0 Å². The summed E-state index contributed by atoms with van der Waals surface area (Å²) >= 11 is 0. The Balaban J connectivity index is 2.08. The van der Waals surface area contributed by atoms with E-state index < -0.39 is 0 Å². The predicted molar refractivity (Wildman–Crippen MR) is 99.0 cm³/mol. The number of nitrogens with one attached hydrogen (secondary N) is 1. The second kappa shape index (κ2) is 9.13. The molecule has 0 aliphatic rings. The number of guanidine groups is 1. The molecule has 0 fully saturated rings. The third kappa shape index (κ3) is 5.13. The van der Waals surface area contributed by atoms with Crippen molar-refractivity contribution in [2.45, 2.75) is 19.5 Å². The first kappa shape index (κ1) is 18.1. The van der Waals surface area contributed by atoms with E-state index >= 15 is 0 Å². The van der Waals surface area contributed by atoms with Gasteiger partial charge in [-0.05, 0) is 38.7 Å². The van der Waals surface area contributed by atoms with Crippen LogP contribution in [0.2, 0.25) is 0 Å². The highest BCUT2D eigenvalue weighted by atomic mass is 16.3. The van der Waals surface area contributed by atoms with Crippen LogP contribution in [0.1, 0.15) is 24.3 Å². The number of rotatable bonds is 7. The third-order valence-corrected chi connectivity index (χ3v) is 3.87. The summed E-state index contributed by atoms with van der Waals surface area (Å²) in [7, 11) is 6.15. The van der Waals surface area contributed by atoms with Gasteiger partial charge in [-0.1, -0.05) is 30.3 Å². The van der Waals surface area contributed by atoms with E-state index in [1.807, 2.05) is 32.3 Å². The standard InChI is InChI=1S/C19H28N4O/c1-5-20-19(23(4)15-16-10-7-6-8-11-16)21-14-17(22(2)3)18-12-9-13-24-18/h6-13,17H,5,14-15H2,1-4H3,(H,20,21). The Labute approximate surface area is 145 Å². The summed E-state index contributed by atoms with van der Waals surface area (Å²) in [6.07, 6.45) is 1.71. The van der Waals surface area contributed by atoms with Gasteiger partial charge < -0.3 is 14.6 Å². The van der Waals surface area contributed by atoms with Crippen LogP contribution in [0.5, 0.6) is 0 Å². The Kier molecular flexibility index (Phi) is 6.88. The van der Waals surface area contributed by atoms with Crippen molar-refractivity contribution in [2.75, 3.05) is 34.2 Å². The summed E-state index contributed by atoms with van der Waals surface area (Å²) in [5, 5.41) is 3.37. The van der Waals surface area contributed by atoms with Gasteiger partial charge in [0, 0.05) is 20.1 Å². The molecule has 0 saturated heterocycles. The zero-order valence-corrected chi connectivity index (χ0v) is 15.1. The lowest BCUT2D eigenvalue weighted by molar-refractivity contribution is 0.264. The predicted octanol–water partition coefficient (Wildman–Crippen LogP) is 2.98. The Morgan fingerprint density at radius 1 is 1.12 bits per heavy atom. The van der Waals surface area contributed by atoms with Gasteiger partial charge >= 0.3 is 0 Å². The number of hydrogen-bond donors (Lipinski definition) is 1. The van der Waals surface area contributed by atoms with Gasteiger partial charge in [-0.3, -0.25) is 9.89 Å². The molecule has 5 nitrogen and oxygen atoms in total. The number of nitrogens with zero attached hydrogens (tertiary/aromatic N) is 3. The summed E-state index contributed by atoms with van der Waals surface area (Å²) in [4.78, 5) is 9.09. The van der Waals surface area contributed by atoms with Crippen molar-refractivity contribution in [3.05, 3.63) is 60.1 Å². The molecular formula is C19H28N4O.